The number of hydrogen-bond acceptors (Lipinski definition) is 4. The molecule has 19 heavy (non-hydrogen) atoms. The van der Waals surface area contributed by atoms with Gasteiger partial charge in [-0.3, -0.25) is 5.41 Å². The molecule has 0 aliphatic heterocycles. The number of nitrogens with zero attached hydrogens (tertiary/aromatic N) is 2. The normalized spacial score (nSPS) is 10.3. The molecule has 0 atom stereocenters. The fourth-order valence-electron chi connectivity index (χ4n) is 1.38. The Balaban J connectivity index is 2.38. The first-order valence-corrected chi connectivity index (χ1v) is 6.46. The van der Waals surface area contributed by atoms with Crippen molar-refractivity contribution in [3.8, 4) is 11.8 Å². The van der Waals surface area contributed by atoms with Gasteiger partial charge < -0.3 is 10.5 Å². The van der Waals surface area contributed by atoms with E-state index in [2.05, 4.69) is 25.9 Å². The third-order valence-electron chi connectivity index (χ3n) is 2.20. The van der Waals surface area contributed by atoms with Crippen LogP contribution >= 0.6 is 27.5 Å². The van der Waals surface area contributed by atoms with Crippen LogP contribution in [0.15, 0.2) is 28.7 Å². The Morgan fingerprint density at radius 2 is 2.11 bits per heavy atom. The number of rotatable bonds is 3. The molecular formula is C12H10BrClN4O. The Morgan fingerprint density at radius 1 is 1.37 bits per heavy atom. The molecule has 1 aromatic carbocycles. The van der Waals surface area contributed by atoms with Gasteiger partial charge in [0.2, 0.25) is 0 Å². The van der Waals surface area contributed by atoms with E-state index in [-0.39, 0.29) is 11.8 Å². The highest BCUT2D eigenvalue weighted by atomic mass is 79.9. The summed E-state index contributed by atoms with van der Waals surface area (Å²) in [5.41, 5.74) is 6.37. The van der Waals surface area contributed by atoms with Crippen LogP contribution in [0.5, 0.6) is 11.8 Å². The van der Waals surface area contributed by atoms with Crippen molar-refractivity contribution in [3.63, 3.8) is 0 Å². The molecule has 0 amide bonds. The minimum atomic E-state index is -0.143. The molecule has 0 aliphatic rings. The number of ether oxygens (including phenoxy) is 1. The summed E-state index contributed by atoms with van der Waals surface area (Å²) < 4.78 is 6.35. The zero-order valence-electron chi connectivity index (χ0n) is 9.95. The first-order chi connectivity index (χ1) is 8.95. The lowest BCUT2D eigenvalue weighted by atomic mass is 10.3. The van der Waals surface area contributed by atoms with Crippen LogP contribution in [0, 0.1) is 12.3 Å². The van der Waals surface area contributed by atoms with Crippen molar-refractivity contribution in [3.05, 3.63) is 45.1 Å². The molecule has 0 radical (unpaired) electrons. The van der Waals surface area contributed by atoms with Gasteiger partial charge in [0, 0.05) is 10.2 Å². The van der Waals surface area contributed by atoms with Crippen LogP contribution in [0.1, 0.15) is 11.4 Å². The van der Waals surface area contributed by atoms with Crippen LogP contribution in [-0.4, -0.2) is 15.8 Å². The van der Waals surface area contributed by atoms with Crippen molar-refractivity contribution in [1.29, 1.82) is 5.41 Å². The van der Waals surface area contributed by atoms with E-state index in [1.54, 1.807) is 31.2 Å². The quantitative estimate of drug-likeness (QED) is 0.663. The molecule has 0 fully saturated rings. The summed E-state index contributed by atoms with van der Waals surface area (Å²) >= 11 is 9.35. The molecule has 3 N–H and O–H groups in total. The lowest BCUT2D eigenvalue weighted by Gasteiger charge is -2.08. The van der Waals surface area contributed by atoms with Gasteiger partial charge in [-0.2, -0.15) is 4.98 Å². The van der Waals surface area contributed by atoms with E-state index < -0.39 is 0 Å². The van der Waals surface area contributed by atoms with Crippen LogP contribution in [0.3, 0.4) is 0 Å². The molecule has 98 valence electrons. The van der Waals surface area contributed by atoms with Gasteiger partial charge in [0.05, 0.1) is 5.02 Å². The number of halogens is 2. The molecule has 0 unspecified atom stereocenters. The highest BCUT2D eigenvalue weighted by Crippen LogP contribution is 2.30. The predicted octanol–water partition coefficient (Wildman–Crippen LogP) is 3.28. The van der Waals surface area contributed by atoms with Gasteiger partial charge in [0.25, 0.3) is 0 Å². The van der Waals surface area contributed by atoms with Gasteiger partial charge >= 0.3 is 6.01 Å². The van der Waals surface area contributed by atoms with Crippen molar-refractivity contribution in [2.24, 2.45) is 5.73 Å². The molecule has 0 spiro atoms. The van der Waals surface area contributed by atoms with Crippen LogP contribution in [-0.2, 0) is 0 Å². The first kappa shape index (κ1) is 13.8. The predicted molar refractivity (Wildman–Crippen MR) is 77.0 cm³/mol. The maximum atomic E-state index is 7.38. The Morgan fingerprint density at radius 3 is 2.79 bits per heavy atom. The maximum Gasteiger partial charge on any atom is 0.322 e. The minimum Gasteiger partial charge on any atom is -0.423 e. The third kappa shape index (κ3) is 3.42. The first-order valence-electron chi connectivity index (χ1n) is 5.28. The van der Waals surface area contributed by atoms with E-state index in [9.17, 15) is 0 Å². The van der Waals surface area contributed by atoms with Gasteiger partial charge in [-0.25, -0.2) is 4.98 Å². The molecule has 1 aromatic heterocycles. The number of hydrogen-bond donors (Lipinski definition) is 2. The fourth-order valence-corrected chi connectivity index (χ4v) is 1.87. The summed E-state index contributed by atoms with van der Waals surface area (Å²) in [6.45, 7) is 1.77. The maximum absolute atomic E-state index is 7.38. The second-order valence-corrected chi connectivity index (χ2v) is 5.09. The number of nitrogen functional groups attached to an aromatic ring is 1. The van der Waals surface area contributed by atoms with Crippen LogP contribution in [0.4, 0.5) is 0 Å². The van der Waals surface area contributed by atoms with Gasteiger partial charge in [-0.1, -0.05) is 27.5 Å². The molecule has 2 rings (SSSR count). The van der Waals surface area contributed by atoms with Crippen molar-refractivity contribution in [2.75, 3.05) is 0 Å². The van der Waals surface area contributed by atoms with Crippen molar-refractivity contribution in [1.82, 2.24) is 9.97 Å². The standard InChI is InChI=1S/C12H10BrClN4O/c1-6-4-9(11(15)16)18-12(17-6)19-10-5-7(13)2-3-8(10)14/h2-5H,1H3,(H3,15,16). The number of benzene rings is 1. The van der Waals surface area contributed by atoms with Gasteiger partial charge in [0.1, 0.15) is 11.5 Å². The van der Waals surface area contributed by atoms with Crippen molar-refractivity contribution < 1.29 is 4.74 Å². The Hall–Kier alpha value is -1.66. The fraction of sp³-hybridized carbons (Fsp3) is 0.0833. The van der Waals surface area contributed by atoms with Crippen LogP contribution in [0.2, 0.25) is 5.02 Å². The molecule has 5 nitrogen and oxygen atoms in total. The average molecular weight is 342 g/mol. The molecule has 0 saturated heterocycles. The zero-order valence-corrected chi connectivity index (χ0v) is 12.3. The summed E-state index contributed by atoms with van der Waals surface area (Å²) in [6.07, 6.45) is 0. The molecule has 0 bridgehead atoms. The zero-order chi connectivity index (χ0) is 14.0. The molecule has 0 aliphatic carbocycles. The molecule has 1 heterocycles. The van der Waals surface area contributed by atoms with E-state index in [1.165, 1.54) is 0 Å². The molecule has 2 aromatic rings. The summed E-state index contributed by atoms with van der Waals surface area (Å²) in [7, 11) is 0. The van der Waals surface area contributed by atoms with E-state index in [0.717, 1.165) is 4.47 Å². The summed E-state index contributed by atoms with van der Waals surface area (Å²) in [5.74, 6) is 0.284. The highest BCUT2D eigenvalue weighted by molar-refractivity contribution is 9.10. The monoisotopic (exact) mass is 340 g/mol. The van der Waals surface area contributed by atoms with E-state index in [0.29, 0.717) is 22.2 Å². The minimum absolute atomic E-state index is 0.102. The highest BCUT2D eigenvalue weighted by Gasteiger charge is 2.09. The molecule has 7 heteroatoms. The Labute approximate surface area is 123 Å². The number of amidine groups is 1. The number of aromatic nitrogens is 2. The number of nitrogens with two attached hydrogens (primary N) is 1. The topological polar surface area (TPSA) is 84.9 Å². The van der Waals surface area contributed by atoms with Gasteiger partial charge in [-0.15, -0.1) is 0 Å². The lowest BCUT2D eigenvalue weighted by Crippen LogP contribution is -2.14. The lowest BCUT2D eigenvalue weighted by molar-refractivity contribution is 0.440. The van der Waals surface area contributed by atoms with Gasteiger partial charge in [0.15, 0.2) is 5.75 Å². The Bertz CT molecular complexity index is 648. The molecular weight excluding hydrogens is 332 g/mol. The second kappa shape index (κ2) is 5.54. The van der Waals surface area contributed by atoms with E-state index in [4.69, 9.17) is 27.5 Å². The van der Waals surface area contributed by atoms with E-state index in [1.807, 2.05) is 0 Å². The number of aryl methyl sites for hydroxylation is 1. The third-order valence-corrected chi connectivity index (χ3v) is 3.01. The second-order valence-electron chi connectivity index (χ2n) is 3.77. The van der Waals surface area contributed by atoms with Crippen LogP contribution < -0.4 is 10.5 Å². The van der Waals surface area contributed by atoms with Crippen molar-refractivity contribution >= 4 is 33.4 Å². The van der Waals surface area contributed by atoms with Crippen LogP contribution in [0.25, 0.3) is 0 Å². The molecule has 0 saturated carbocycles. The smallest absolute Gasteiger partial charge is 0.322 e. The summed E-state index contributed by atoms with van der Waals surface area (Å²) in [6, 6.07) is 6.92. The SMILES string of the molecule is Cc1cc(C(=N)N)nc(Oc2cc(Br)ccc2Cl)n1. The number of nitrogens with one attached hydrogen (secondary N) is 1. The average Bonchev–Trinajstić information content (AvgIpc) is 2.33. The van der Waals surface area contributed by atoms with E-state index >= 15 is 0 Å². The Kier molecular flexibility index (Phi) is 4.01. The van der Waals surface area contributed by atoms with Crippen molar-refractivity contribution in [2.45, 2.75) is 6.92 Å². The summed E-state index contributed by atoms with van der Waals surface area (Å²) in [5, 5.41) is 7.83. The largest absolute Gasteiger partial charge is 0.423 e. The van der Waals surface area contributed by atoms with Gasteiger partial charge in [-0.05, 0) is 31.2 Å². The summed E-state index contributed by atoms with van der Waals surface area (Å²) in [4.78, 5) is 8.17.